The quantitative estimate of drug-likeness (QED) is 0.707. The van der Waals surface area contributed by atoms with Crippen molar-refractivity contribution in [1.82, 2.24) is 9.03 Å². The molecule has 1 saturated carbocycles. The second-order valence-corrected chi connectivity index (χ2v) is 7.01. The number of nitrogens with zero attached hydrogens (tertiary/aromatic N) is 1. The highest BCUT2D eigenvalue weighted by molar-refractivity contribution is 7.87. The smallest absolute Gasteiger partial charge is 0.321 e. The van der Waals surface area contributed by atoms with E-state index < -0.39 is 16.2 Å². The fraction of sp³-hybridized carbons (Fsp3) is 0.917. The highest BCUT2D eigenvalue weighted by atomic mass is 32.2. The molecule has 1 rings (SSSR count). The molecule has 0 atom stereocenters. The Bertz CT molecular complexity index is 389. The molecule has 0 spiro atoms. The molecule has 1 fully saturated rings. The van der Waals surface area contributed by atoms with E-state index in [1.165, 1.54) is 11.4 Å². The first-order chi connectivity index (χ1) is 8.86. The van der Waals surface area contributed by atoms with Crippen LogP contribution in [0.2, 0.25) is 0 Å². The van der Waals surface area contributed by atoms with Gasteiger partial charge in [0.25, 0.3) is 10.2 Å². The summed E-state index contributed by atoms with van der Waals surface area (Å²) in [5.74, 6) is -0.305. The maximum absolute atomic E-state index is 12.3. The summed E-state index contributed by atoms with van der Waals surface area (Å²) >= 11 is 0. The number of carbonyl (C=O) groups is 1. The van der Waals surface area contributed by atoms with Gasteiger partial charge in [-0.15, -0.1) is 0 Å². The van der Waals surface area contributed by atoms with Crippen molar-refractivity contribution in [3.8, 4) is 0 Å². The van der Waals surface area contributed by atoms with Gasteiger partial charge in [-0.1, -0.05) is 26.7 Å². The lowest BCUT2D eigenvalue weighted by Crippen LogP contribution is -2.48. The molecule has 0 aliphatic heterocycles. The minimum Gasteiger partial charge on any atom is -0.468 e. The summed E-state index contributed by atoms with van der Waals surface area (Å²) in [6, 6.07) is -0.0937. The van der Waals surface area contributed by atoms with Crippen molar-refractivity contribution < 1.29 is 17.9 Å². The maximum atomic E-state index is 12.3. The molecule has 6 nitrogen and oxygen atoms in total. The second kappa shape index (κ2) is 7.21. The van der Waals surface area contributed by atoms with E-state index in [9.17, 15) is 13.2 Å². The number of nitrogens with one attached hydrogen (secondary N) is 1. The normalized spacial score (nSPS) is 17.3. The van der Waals surface area contributed by atoms with Crippen LogP contribution in [0.5, 0.6) is 0 Å². The number of hydrogen-bond donors (Lipinski definition) is 1. The Balaban J connectivity index is 2.78. The average Bonchev–Trinajstić information content (AvgIpc) is 2.86. The van der Waals surface area contributed by atoms with E-state index in [4.69, 9.17) is 0 Å². The number of hydrogen-bond acceptors (Lipinski definition) is 4. The molecular weight excluding hydrogens is 268 g/mol. The van der Waals surface area contributed by atoms with E-state index in [1.807, 2.05) is 13.8 Å². The fourth-order valence-corrected chi connectivity index (χ4v) is 3.74. The molecule has 0 saturated heterocycles. The van der Waals surface area contributed by atoms with E-state index in [-0.39, 0.29) is 18.5 Å². The summed E-state index contributed by atoms with van der Waals surface area (Å²) in [6.45, 7) is 4.02. The molecule has 1 N–H and O–H groups in total. The molecular formula is C12H24N2O4S. The summed E-state index contributed by atoms with van der Waals surface area (Å²) in [4.78, 5) is 11.4. The predicted molar refractivity (Wildman–Crippen MR) is 72.7 cm³/mol. The minimum absolute atomic E-state index is 0.0937. The molecule has 0 aromatic heterocycles. The summed E-state index contributed by atoms with van der Waals surface area (Å²) in [7, 11) is -2.36. The first kappa shape index (κ1) is 16.4. The van der Waals surface area contributed by atoms with Crippen LogP contribution in [-0.2, 0) is 19.7 Å². The molecule has 7 heteroatoms. The zero-order valence-electron chi connectivity index (χ0n) is 11.9. The third kappa shape index (κ3) is 5.08. The molecule has 0 aromatic carbocycles. The lowest BCUT2D eigenvalue weighted by atomic mass is 10.2. The van der Waals surface area contributed by atoms with E-state index in [0.29, 0.717) is 6.54 Å². The van der Waals surface area contributed by atoms with Gasteiger partial charge in [-0.3, -0.25) is 4.79 Å². The highest BCUT2D eigenvalue weighted by Crippen LogP contribution is 2.25. The Kier molecular flexibility index (Phi) is 6.22. The summed E-state index contributed by atoms with van der Waals surface area (Å²) < 4.78 is 33.0. The van der Waals surface area contributed by atoms with Crippen molar-refractivity contribution in [1.29, 1.82) is 0 Å². The lowest BCUT2D eigenvalue weighted by molar-refractivity contribution is -0.141. The van der Waals surface area contributed by atoms with E-state index in [1.54, 1.807) is 0 Å². The second-order valence-electron chi connectivity index (χ2n) is 5.31. The van der Waals surface area contributed by atoms with E-state index in [2.05, 4.69) is 9.46 Å². The predicted octanol–water partition coefficient (Wildman–Crippen LogP) is 0.894. The van der Waals surface area contributed by atoms with Crippen molar-refractivity contribution in [3.63, 3.8) is 0 Å². The number of esters is 1. The molecule has 0 bridgehead atoms. The van der Waals surface area contributed by atoms with Crippen molar-refractivity contribution in [2.24, 2.45) is 5.92 Å². The van der Waals surface area contributed by atoms with Gasteiger partial charge >= 0.3 is 5.97 Å². The summed E-state index contributed by atoms with van der Waals surface area (Å²) in [5.41, 5.74) is 0. The van der Waals surface area contributed by atoms with Gasteiger partial charge in [-0.05, 0) is 18.8 Å². The number of rotatable bonds is 7. The highest BCUT2D eigenvalue weighted by Gasteiger charge is 2.33. The molecule has 0 heterocycles. The maximum Gasteiger partial charge on any atom is 0.321 e. The number of ether oxygens (including phenoxy) is 1. The van der Waals surface area contributed by atoms with Gasteiger partial charge in [0.05, 0.1) is 7.11 Å². The van der Waals surface area contributed by atoms with Crippen molar-refractivity contribution in [2.75, 3.05) is 20.2 Å². The van der Waals surface area contributed by atoms with Gasteiger partial charge in [0.1, 0.15) is 6.54 Å². The van der Waals surface area contributed by atoms with Crippen molar-refractivity contribution in [3.05, 3.63) is 0 Å². The van der Waals surface area contributed by atoms with E-state index >= 15 is 0 Å². The third-order valence-corrected chi connectivity index (χ3v) is 4.80. The first-order valence-corrected chi connectivity index (χ1v) is 8.14. The zero-order valence-corrected chi connectivity index (χ0v) is 12.7. The molecule has 19 heavy (non-hydrogen) atoms. The van der Waals surface area contributed by atoms with Crippen LogP contribution >= 0.6 is 0 Å². The lowest BCUT2D eigenvalue weighted by Gasteiger charge is -2.27. The Morgan fingerprint density at radius 1 is 1.37 bits per heavy atom. The van der Waals surface area contributed by atoms with Crippen LogP contribution in [0.4, 0.5) is 0 Å². The van der Waals surface area contributed by atoms with Crippen LogP contribution in [0.25, 0.3) is 0 Å². The van der Waals surface area contributed by atoms with Crippen molar-refractivity contribution in [2.45, 2.75) is 45.6 Å². The third-order valence-electron chi connectivity index (χ3n) is 3.23. The van der Waals surface area contributed by atoms with Crippen LogP contribution in [-0.4, -0.2) is 44.9 Å². The molecule has 0 unspecified atom stereocenters. The zero-order chi connectivity index (χ0) is 14.5. The SMILES string of the molecule is COC(=O)CN(C1CCCC1)S(=O)(=O)NCC(C)C. The largest absolute Gasteiger partial charge is 0.468 e. The van der Waals surface area contributed by atoms with Crippen LogP contribution < -0.4 is 4.72 Å². The molecule has 0 aromatic rings. The van der Waals surface area contributed by atoms with Gasteiger partial charge in [0.2, 0.25) is 0 Å². The first-order valence-electron chi connectivity index (χ1n) is 6.70. The molecule has 0 amide bonds. The van der Waals surface area contributed by atoms with Crippen LogP contribution in [0.15, 0.2) is 0 Å². The molecule has 1 aliphatic rings. The molecule has 0 radical (unpaired) electrons. The molecule has 1 aliphatic carbocycles. The van der Waals surface area contributed by atoms with Crippen LogP contribution in [0.1, 0.15) is 39.5 Å². The average molecular weight is 292 g/mol. The number of carbonyl (C=O) groups excluding carboxylic acids is 1. The fourth-order valence-electron chi connectivity index (χ4n) is 2.15. The monoisotopic (exact) mass is 292 g/mol. The Morgan fingerprint density at radius 2 is 1.95 bits per heavy atom. The van der Waals surface area contributed by atoms with Gasteiger partial charge in [0.15, 0.2) is 0 Å². The van der Waals surface area contributed by atoms with Gasteiger partial charge in [0, 0.05) is 12.6 Å². The topological polar surface area (TPSA) is 75.7 Å². The van der Waals surface area contributed by atoms with Crippen LogP contribution in [0.3, 0.4) is 0 Å². The minimum atomic E-state index is -3.62. The van der Waals surface area contributed by atoms with Gasteiger partial charge in [-0.2, -0.15) is 12.7 Å². The Morgan fingerprint density at radius 3 is 2.42 bits per heavy atom. The van der Waals surface area contributed by atoms with Crippen LogP contribution in [0, 0.1) is 5.92 Å². The standard InChI is InChI=1S/C12H24N2O4S/c1-10(2)8-13-19(16,17)14(9-12(15)18-3)11-6-4-5-7-11/h10-11,13H,4-9H2,1-3H3. The summed E-state index contributed by atoms with van der Waals surface area (Å²) in [5, 5.41) is 0. The number of methoxy groups -OCH3 is 1. The van der Waals surface area contributed by atoms with Gasteiger partial charge < -0.3 is 4.74 Å². The van der Waals surface area contributed by atoms with Crippen molar-refractivity contribution >= 4 is 16.2 Å². The summed E-state index contributed by atoms with van der Waals surface area (Å²) in [6.07, 6.45) is 3.61. The Hall–Kier alpha value is -0.660. The van der Waals surface area contributed by atoms with E-state index in [0.717, 1.165) is 25.7 Å². The Labute approximate surface area is 115 Å². The van der Waals surface area contributed by atoms with Gasteiger partial charge in [-0.25, -0.2) is 4.72 Å². The molecule has 112 valence electrons.